The van der Waals surface area contributed by atoms with Crippen LogP contribution >= 0.6 is 0 Å². The van der Waals surface area contributed by atoms with Gasteiger partial charge in [0.05, 0.1) is 17.3 Å². The van der Waals surface area contributed by atoms with Crippen LogP contribution in [0.15, 0.2) is 47.5 Å². The summed E-state index contributed by atoms with van der Waals surface area (Å²) in [6, 6.07) is 10.3. The summed E-state index contributed by atoms with van der Waals surface area (Å²) < 4.78 is 94.1. The predicted octanol–water partition coefficient (Wildman–Crippen LogP) is 2.86. The molecule has 0 radical (unpaired) electrons. The Morgan fingerprint density at radius 3 is 2.42 bits per heavy atom. The highest BCUT2D eigenvalue weighted by Crippen LogP contribution is 2.33. The van der Waals surface area contributed by atoms with Crippen LogP contribution < -0.4 is 10.1 Å². The summed E-state index contributed by atoms with van der Waals surface area (Å²) in [5.41, 5.74) is 1.20. The molecule has 2 N–H and O–H groups in total. The van der Waals surface area contributed by atoms with Crippen LogP contribution in [0, 0.1) is 6.92 Å². The van der Waals surface area contributed by atoms with Gasteiger partial charge in [-0.15, -0.1) is 13.2 Å². The lowest BCUT2D eigenvalue weighted by atomic mass is 9.89. The topological polar surface area (TPSA) is 142 Å². The molecule has 2 heterocycles. The molecule has 0 aromatic heterocycles. The number of alkyl halides is 3. The van der Waals surface area contributed by atoms with Crippen molar-refractivity contribution in [3.63, 3.8) is 0 Å². The molecule has 2 aliphatic heterocycles. The smallest absolute Gasteiger partial charge is 0.406 e. The molecule has 0 bridgehead atoms. The van der Waals surface area contributed by atoms with Crippen LogP contribution in [-0.4, -0.2) is 81.1 Å². The lowest BCUT2D eigenvalue weighted by Gasteiger charge is -2.34. The van der Waals surface area contributed by atoms with E-state index in [-0.39, 0.29) is 67.6 Å². The van der Waals surface area contributed by atoms with Gasteiger partial charge in [-0.2, -0.15) is 0 Å². The number of aliphatic hydroxyl groups excluding tert-OH is 1. The molecule has 2 aromatic rings. The number of aliphatic imine (C=N–C) groups is 1. The highest BCUT2D eigenvalue weighted by Gasteiger charge is 2.47. The average molecular weight is 646 g/mol. The SMILES string of the molecule is Cc1cc(CS(=O)(=O)CCCCO)ccc1CCS(=O)(=O)N1CCC2(CC1)N=C(c1cccc(OC(F)(F)F)c1)NC2=O. The minimum atomic E-state index is -4.87. The number of benzene rings is 2. The number of carbonyl (C=O) groups is 1. The molecule has 10 nitrogen and oxygen atoms in total. The Kier molecular flexibility index (Phi) is 9.89. The van der Waals surface area contributed by atoms with E-state index in [0.717, 1.165) is 23.3 Å². The number of amidine groups is 1. The molecule has 1 spiro atoms. The fourth-order valence-electron chi connectivity index (χ4n) is 5.22. The van der Waals surface area contributed by atoms with Crippen LogP contribution in [0.2, 0.25) is 0 Å². The average Bonchev–Trinajstić information content (AvgIpc) is 3.22. The predicted molar refractivity (Wildman–Crippen MR) is 154 cm³/mol. The molecule has 0 saturated carbocycles. The van der Waals surface area contributed by atoms with Gasteiger partial charge in [0.15, 0.2) is 9.84 Å². The molecule has 0 unspecified atom stereocenters. The lowest BCUT2D eigenvalue weighted by molar-refractivity contribution is -0.274. The van der Waals surface area contributed by atoms with E-state index in [1.807, 2.05) is 0 Å². The summed E-state index contributed by atoms with van der Waals surface area (Å²) in [7, 11) is -7.01. The number of aryl methyl sites for hydroxylation is 2. The first kappa shape index (κ1) is 32.9. The molecule has 1 fully saturated rings. The summed E-state index contributed by atoms with van der Waals surface area (Å²) in [5, 5.41) is 11.5. The molecule has 0 atom stereocenters. The molecule has 2 aromatic carbocycles. The number of sulfonamides is 1. The maximum atomic E-state index is 13.2. The minimum Gasteiger partial charge on any atom is -0.406 e. The number of aliphatic hydroxyl groups is 1. The molecular formula is C28H34F3N3O7S2. The van der Waals surface area contributed by atoms with Crippen molar-refractivity contribution in [2.24, 2.45) is 4.99 Å². The van der Waals surface area contributed by atoms with Crippen molar-refractivity contribution in [3.8, 4) is 5.75 Å². The number of sulfone groups is 1. The van der Waals surface area contributed by atoms with E-state index in [9.17, 15) is 34.8 Å². The zero-order valence-corrected chi connectivity index (χ0v) is 25.2. The molecule has 1 saturated heterocycles. The number of ether oxygens (including phenoxy) is 1. The lowest BCUT2D eigenvalue weighted by Crippen LogP contribution is -2.50. The Hall–Kier alpha value is -3.01. The van der Waals surface area contributed by atoms with Gasteiger partial charge in [-0.1, -0.05) is 30.3 Å². The molecule has 15 heteroatoms. The number of rotatable bonds is 12. The number of carbonyl (C=O) groups excluding carboxylic acids is 1. The normalized spacial score (nSPS) is 17.6. The van der Waals surface area contributed by atoms with E-state index in [1.54, 1.807) is 25.1 Å². The first-order chi connectivity index (χ1) is 20.1. The quantitative estimate of drug-likeness (QED) is 0.338. The maximum absolute atomic E-state index is 13.2. The third-order valence-corrected chi connectivity index (χ3v) is 11.1. The van der Waals surface area contributed by atoms with Gasteiger partial charge in [0.25, 0.3) is 5.91 Å². The van der Waals surface area contributed by atoms with Crippen molar-refractivity contribution in [2.75, 3.05) is 31.2 Å². The van der Waals surface area contributed by atoms with E-state index >= 15 is 0 Å². The number of unbranched alkanes of at least 4 members (excludes halogenated alkanes) is 1. The van der Waals surface area contributed by atoms with E-state index < -0.39 is 43.4 Å². The number of nitrogens with one attached hydrogen (secondary N) is 1. The van der Waals surface area contributed by atoms with Gasteiger partial charge >= 0.3 is 6.36 Å². The fraction of sp³-hybridized carbons (Fsp3) is 0.500. The van der Waals surface area contributed by atoms with Crippen molar-refractivity contribution in [1.29, 1.82) is 0 Å². The fourth-order valence-corrected chi connectivity index (χ4v) is 8.17. The van der Waals surface area contributed by atoms with Crippen LogP contribution in [-0.2, 0) is 36.8 Å². The first-order valence-corrected chi connectivity index (χ1v) is 17.2. The van der Waals surface area contributed by atoms with Gasteiger partial charge in [-0.25, -0.2) is 21.1 Å². The number of hydrogen-bond donors (Lipinski definition) is 2. The van der Waals surface area contributed by atoms with Crippen LogP contribution in [0.1, 0.15) is 47.9 Å². The van der Waals surface area contributed by atoms with Crippen molar-refractivity contribution in [1.82, 2.24) is 9.62 Å². The van der Waals surface area contributed by atoms with Gasteiger partial charge in [0, 0.05) is 25.3 Å². The maximum Gasteiger partial charge on any atom is 0.573 e. The molecule has 2 aliphatic rings. The molecule has 236 valence electrons. The van der Waals surface area contributed by atoms with Gasteiger partial charge < -0.3 is 15.2 Å². The summed E-state index contributed by atoms with van der Waals surface area (Å²) in [6.07, 6.45) is -3.62. The van der Waals surface area contributed by atoms with Crippen LogP contribution in [0.4, 0.5) is 13.2 Å². The largest absolute Gasteiger partial charge is 0.573 e. The summed E-state index contributed by atoms with van der Waals surface area (Å²) in [5.74, 6) is -1.10. The summed E-state index contributed by atoms with van der Waals surface area (Å²) >= 11 is 0. The second-order valence-electron chi connectivity index (χ2n) is 10.8. The van der Waals surface area contributed by atoms with E-state index in [1.165, 1.54) is 16.4 Å². The number of piperidine rings is 1. The standard InChI is InChI=1S/C28H34F3N3O7S2/c1-20-17-21(19-42(37,38)15-3-2-14-35)7-8-22(20)9-16-43(39,40)34-12-10-27(11-13-34)26(36)32-25(33-27)23-5-4-6-24(18-23)41-28(29,30)31/h4-8,17-18,35H,2-3,9-16,19H2,1H3,(H,32,33,36). The van der Waals surface area contributed by atoms with Crippen molar-refractivity contribution in [3.05, 3.63) is 64.7 Å². The highest BCUT2D eigenvalue weighted by molar-refractivity contribution is 7.90. The molecule has 43 heavy (non-hydrogen) atoms. The number of halogens is 3. The van der Waals surface area contributed by atoms with E-state index in [4.69, 9.17) is 5.11 Å². The summed E-state index contributed by atoms with van der Waals surface area (Å²) in [4.78, 5) is 17.4. The number of nitrogens with zero attached hydrogens (tertiary/aromatic N) is 2. The van der Waals surface area contributed by atoms with E-state index in [0.29, 0.717) is 18.4 Å². The molecule has 1 amide bonds. The third kappa shape index (κ3) is 8.55. The van der Waals surface area contributed by atoms with Gasteiger partial charge in [-0.05, 0) is 67.9 Å². The summed E-state index contributed by atoms with van der Waals surface area (Å²) in [6.45, 7) is 1.84. The Bertz CT molecular complexity index is 1580. The molecular weight excluding hydrogens is 611 g/mol. The van der Waals surface area contributed by atoms with Gasteiger partial charge in [0.2, 0.25) is 10.0 Å². The van der Waals surface area contributed by atoms with Gasteiger partial charge in [-0.3, -0.25) is 9.79 Å². The van der Waals surface area contributed by atoms with E-state index in [2.05, 4.69) is 15.0 Å². The zero-order valence-electron chi connectivity index (χ0n) is 23.6. The third-order valence-electron chi connectivity index (χ3n) is 7.55. The van der Waals surface area contributed by atoms with Crippen molar-refractivity contribution >= 4 is 31.6 Å². The minimum absolute atomic E-state index is 0.0118. The van der Waals surface area contributed by atoms with Gasteiger partial charge in [0.1, 0.15) is 17.1 Å². The second kappa shape index (κ2) is 12.9. The Balaban J connectivity index is 1.35. The number of hydrogen-bond acceptors (Lipinski definition) is 8. The second-order valence-corrected chi connectivity index (χ2v) is 15.0. The Labute approximate surface area is 248 Å². The van der Waals surface area contributed by atoms with Crippen LogP contribution in [0.3, 0.4) is 0 Å². The van der Waals surface area contributed by atoms with Crippen LogP contribution in [0.5, 0.6) is 5.75 Å². The monoisotopic (exact) mass is 645 g/mol. The van der Waals surface area contributed by atoms with Crippen molar-refractivity contribution in [2.45, 2.75) is 56.7 Å². The zero-order chi connectivity index (χ0) is 31.5. The first-order valence-electron chi connectivity index (χ1n) is 13.8. The highest BCUT2D eigenvalue weighted by atomic mass is 32.2. The number of amides is 1. The molecule has 0 aliphatic carbocycles. The van der Waals surface area contributed by atoms with Crippen LogP contribution in [0.25, 0.3) is 0 Å². The Morgan fingerprint density at radius 2 is 1.77 bits per heavy atom. The molecule has 4 rings (SSSR count). The Morgan fingerprint density at radius 1 is 1.05 bits per heavy atom. The van der Waals surface area contributed by atoms with Crippen molar-refractivity contribution < 1.29 is 44.6 Å².